The lowest BCUT2D eigenvalue weighted by Crippen LogP contribution is -2.58. The minimum atomic E-state index is -3.70. The molecule has 0 bridgehead atoms. The van der Waals surface area contributed by atoms with Gasteiger partial charge in [0.2, 0.25) is 0 Å². The van der Waals surface area contributed by atoms with Gasteiger partial charge in [-0.1, -0.05) is 62.7 Å². The number of guanidine groups is 1. The van der Waals surface area contributed by atoms with Crippen molar-refractivity contribution in [1.29, 1.82) is 0 Å². The summed E-state index contributed by atoms with van der Waals surface area (Å²) in [7, 11) is 0. The number of hydrazone groups is 1. The lowest BCUT2D eigenvalue weighted by molar-refractivity contribution is -0.135. The third-order valence-corrected chi connectivity index (χ3v) is 8.84. The van der Waals surface area contributed by atoms with E-state index in [9.17, 15) is 35.9 Å². The van der Waals surface area contributed by atoms with Gasteiger partial charge in [-0.2, -0.15) is 32.8 Å². The normalized spacial score (nSPS) is 21.4. The zero-order valence-electron chi connectivity index (χ0n) is 27.9. The van der Waals surface area contributed by atoms with Crippen molar-refractivity contribution in [3.63, 3.8) is 0 Å². The van der Waals surface area contributed by atoms with Gasteiger partial charge in [0.25, 0.3) is 11.8 Å². The summed E-state index contributed by atoms with van der Waals surface area (Å²) in [4.78, 5) is 37.5. The van der Waals surface area contributed by atoms with Gasteiger partial charge in [-0.25, -0.2) is 28.2 Å². The highest BCUT2D eigenvalue weighted by Crippen LogP contribution is 2.46. The Labute approximate surface area is 298 Å². The van der Waals surface area contributed by atoms with Crippen molar-refractivity contribution in [1.82, 2.24) is 19.6 Å². The van der Waals surface area contributed by atoms with Crippen LogP contribution in [0.3, 0.4) is 0 Å². The van der Waals surface area contributed by atoms with Crippen molar-refractivity contribution in [2.75, 3.05) is 24.7 Å². The van der Waals surface area contributed by atoms with E-state index in [1.165, 1.54) is 30.6 Å². The van der Waals surface area contributed by atoms with Crippen LogP contribution in [0.25, 0.3) is 11.1 Å². The third kappa shape index (κ3) is 7.03. The highest BCUT2D eigenvalue weighted by Gasteiger charge is 2.54. The number of nitrogens with zero attached hydrogens (tertiary/aromatic N) is 8. The monoisotopic (exact) mass is 751 g/mol. The molecule has 1 aromatic heterocycles. The summed E-state index contributed by atoms with van der Waals surface area (Å²) in [5.41, 5.74) is 5.43. The molecular weight excluding hydrogens is 720 g/mol. The van der Waals surface area contributed by atoms with E-state index in [1.807, 2.05) is 20.8 Å². The first-order valence-corrected chi connectivity index (χ1v) is 16.1. The van der Waals surface area contributed by atoms with Crippen LogP contribution in [-0.4, -0.2) is 81.8 Å². The van der Waals surface area contributed by atoms with Crippen LogP contribution in [0.15, 0.2) is 69.9 Å². The summed E-state index contributed by atoms with van der Waals surface area (Å²) in [6.07, 6.45) is 2.70. The molecule has 12 nitrogen and oxygen atoms in total. The van der Waals surface area contributed by atoms with Gasteiger partial charge in [-0.05, 0) is 40.7 Å². The van der Waals surface area contributed by atoms with Gasteiger partial charge in [-0.3, -0.25) is 14.6 Å². The molecule has 4 heterocycles. The fourth-order valence-electron chi connectivity index (χ4n) is 6.27. The van der Waals surface area contributed by atoms with Gasteiger partial charge in [0.1, 0.15) is 12.9 Å². The average molecular weight is 752 g/mol. The van der Waals surface area contributed by atoms with E-state index >= 15 is 0 Å². The number of aromatic nitrogens is 2. The molecule has 1 saturated heterocycles. The fourth-order valence-corrected chi connectivity index (χ4v) is 6.47. The third-order valence-electron chi connectivity index (χ3n) is 8.52. The van der Waals surface area contributed by atoms with Crippen molar-refractivity contribution in [2.24, 2.45) is 26.2 Å². The number of carbonyl (C=O) groups excluding carboxylic acids is 2. The molecule has 2 N–H and O–H groups in total. The van der Waals surface area contributed by atoms with Crippen molar-refractivity contribution in [3.8, 4) is 11.1 Å². The first-order chi connectivity index (χ1) is 24.3. The largest absolute Gasteiger partial charge is 0.447 e. The Morgan fingerprint density at radius 1 is 1.06 bits per heavy atom. The first-order valence-electron chi connectivity index (χ1n) is 15.8. The quantitative estimate of drug-likeness (QED) is 0.193. The SMILES string of the molecule is CC(C)(C)C[C@]1(c2ccc(-c3cnn(C(F)F)c3)cc2)N=C(N)N([C@H](COC(=O)N2CC(F)(F)C2)c2ccc(Cl)c(N3N=CN=CC3(F)F)c2)C1=O. The number of nitrogens with two attached hydrogens (primary N) is 1. The molecule has 0 radical (unpaired) electrons. The lowest BCUT2D eigenvalue weighted by Gasteiger charge is -2.38. The second-order valence-corrected chi connectivity index (χ2v) is 14.1. The Hall–Kier alpha value is -5.13. The van der Waals surface area contributed by atoms with Gasteiger partial charge in [-0.15, -0.1) is 0 Å². The molecule has 6 rings (SSSR count). The van der Waals surface area contributed by atoms with Crippen molar-refractivity contribution in [3.05, 3.63) is 71.0 Å². The summed E-state index contributed by atoms with van der Waals surface area (Å²) in [5, 5.41) is 7.49. The summed E-state index contributed by atoms with van der Waals surface area (Å²) < 4.78 is 89.1. The lowest BCUT2D eigenvalue weighted by atomic mass is 9.75. The van der Waals surface area contributed by atoms with E-state index in [0.717, 1.165) is 16.1 Å². The number of halogens is 7. The Morgan fingerprint density at radius 3 is 2.35 bits per heavy atom. The maximum atomic E-state index is 14.9. The summed E-state index contributed by atoms with van der Waals surface area (Å²) in [6.45, 7) is 0.398. The van der Waals surface area contributed by atoms with Gasteiger partial charge < -0.3 is 10.5 Å². The Bertz CT molecular complexity index is 1960. The number of hydrogen-bond donors (Lipinski definition) is 1. The zero-order valence-corrected chi connectivity index (χ0v) is 28.6. The smallest absolute Gasteiger partial charge is 0.410 e. The van der Waals surface area contributed by atoms with Gasteiger partial charge in [0.05, 0.1) is 42.3 Å². The molecule has 276 valence electrons. The number of alkyl halides is 6. The maximum absolute atomic E-state index is 14.9. The highest BCUT2D eigenvalue weighted by atomic mass is 35.5. The Morgan fingerprint density at radius 2 is 1.75 bits per heavy atom. The molecule has 19 heteroatoms. The minimum absolute atomic E-state index is 0.105. The Kier molecular flexibility index (Phi) is 9.25. The van der Waals surface area contributed by atoms with Crippen LogP contribution in [0.5, 0.6) is 0 Å². The summed E-state index contributed by atoms with van der Waals surface area (Å²) in [6, 6.07) is 5.32. The number of aliphatic imine (C=N–C) groups is 2. The van der Waals surface area contributed by atoms with Crippen molar-refractivity contribution < 1.29 is 40.7 Å². The van der Waals surface area contributed by atoms with Gasteiger partial charge in [0, 0.05) is 11.8 Å². The molecule has 1 fully saturated rings. The molecule has 3 aromatic rings. The minimum Gasteiger partial charge on any atom is -0.447 e. The zero-order chi connectivity index (χ0) is 37.8. The predicted molar refractivity (Wildman–Crippen MR) is 180 cm³/mol. The maximum Gasteiger partial charge on any atom is 0.410 e. The van der Waals surface area contributed by atoms with Crippen molar-refractivity contribution in [2.45, 2.75) is 57.3 Å². The second-order valence-electron chi connectivity index (χ2n) is 13.7. The number of hydrogen-bond acceptors (Lipinski definition) is 9. The molecule has 0 saturated carbocycles. The van der Waals surface area contributed by atoms with Crippen LogP contribution >= 0.6 is 11.6 Å². The van der Waals surface area contributed by atoms with Gasteiger partial charge >= 0.3 is 18.7 Å². The molecule has 2 atom stereocenters. The molecule has 0 unspecified atom stereocenters. The van der Waals surface area contributed by atoms with E-state index < -0.39 is 67.2 Å². The summed E-state index contributed by atoms with van der Waals surface area (Å²) in [5.74, 6) is -4.06. The number of ether oxygens (including phenoxy) is 1. The van der Waals surface area contributed by atoms with E-state index in [2.05, 4.69) is 20.2 Å². The first kappa shape index (κ1) is 36.7. The average Bonchev–Trinajstić information content (AvgIpc) is 3.64. The van der Waals surface area contributed by atoms with Crippen LogP contribution in [0.4, 0.5) is 36.8 Å². The number of carbonyl (C=O) groups is 2. The van der Waals surface area contributed by atoms with Crippen molar-refractivity contribution >= 4 is 47.8 Å². The molecule has 52 heavy (non-hydrogen) atoms. The standard InChI is InChI=1S/C33H32ClF6N9O3/c1-30(2,3)14-32(22-7-4-19(5-8-22)21-11-43-47(12-21)27(35)36)26(50)48(28(41)45-32)25(13-52-29(51)46-16-31(37,38)17-46)20-6-9-23(34)24(10-20)49-33(39,40)15-42-18-44-49/h4-12,15,18,25,27H,13-14,16-17H2,1-3H3,(H2,41,45)/t25-,32-/m1/s1. The Balaban J connectivity index is 1.39. The van der Waals surface area contributed by atoms with E-state index in [4.69, 9.17) is 22.1 Å². The van der Waals surface area contributed by atoms with E-state index in [-0.39, 0.29) is 28.7 Å². The van der Waals surface area contributed by atoms with Crippen LogP contribution in [-0.2, 0) is 15.1 Å². The second kappa shape index (κ2) is 13.1. The number of anilines is 1. The fraction of sp³-hybridized carbons (Fsp3) is 0.394. The molecule has 3 aliphatic rings. The number of rotatable bonds is 9. The van der Waals surface area contributed by atoms with Crippen LogP contribution < -0.4 is 10.7 Å². The van der Waals surface area contributed by atoms with E-state index in [1.54, 1.807) is 24.3 Å². The highest BCUT2D eigenvalue weighted by molar-refractivity contribution is 6.33. The van der Waals surface area contributed by atoms with Crippen LogP contribution in [0.2, 0.25) is 5.02 Å². The van der Waals surface area contributed by atoms with Gasteiger partial charge in [0.15, 0.2) is 11.5 Å². The molecule has 0 aliphatic carbocycles. The topological polar surface area (TPSA) is 134 Å². The molecule has 3 aliphatic heterocycles. The number of amides is 2. The van der Waals surface area contributed by atoms with Crippen LogP contribution in [0, 0.1) is 5.41 Å². The molecule has 0 spiro atoms. The molecular formula is C33H32ClF6N9O3. The molecule has 2 amide bonds. The van der Waals surface area contributed by atoms with E-state index in [0.29, 0.717) is 32.6 Å². The summed E-state index contributed by atoms with van der Waals surface area (Å²) >= 11 is 6.34. The number of likely N-dealkylation sites (tertiary alicyclic amines) is 1. The predicted octanol–water partition coefficient (Wildman–Crippen LogP) is 6.64. The molecule has 2 aromatic carbocycles. The van der Waals surface area contributed by atoms with Crippen LogP contribution in [0.1, 0.15) is 50.9 Å². The number of benzene rings is 2.